The molecule has 1 aliphatic carbocycles. The fourth-order valence-electron chi connectivity index (χ4n) is 4.89. The molecule has 2 unspecified atom stereocenters. The summed E-state index contributed by atoms with van der Waals surface area (Å²) < 4.78 is 0. The number of benzene rings is 2. The monoisotopic (exact) mass is 427 g/mol. The van der Waals surface area contributed by atoms with Gasteiger partial charge in [-0.1, -0.05) is 42.5 Å². The summed E-state index contributed by atoms with van der Waals surface area (Å²) >= 11 is 1.63. The van der Waals surface area contributed by atoms with Gasteiger partial charge in [0, 0.05) is 40.6 Å². The van der Waals surface area contributed by atoms with Crippen molar-refractivity contribution in [3.8, 4) is 0 Å². The molecule has 0 radical (unpaired) electrons. The van der Waals surface area contributed by atoms with Gasteiger partial charge in [0.1, 0.15) is 0 Å². The molecule has 0 saturated carbocycles. The van der Waals surface area contributed by atoms with Gasteiger partial charge in [0.25, 0.3) is 0 Å². The van der Waals surface area contributed by atoms with E-state index in [1.54, 1.807) is 11.3 Å². The van der Waals surface area contributed by atoms with E-state index in [1.807, 2.05) is 40.6 Å². The lowest BCUT2D eigenvalue weighted by Gasteiger charge is -2.40. The van der Waals surface area contributed by atoms with Crippen LogP contribution in [0.25, 0.3) is 0 Å². The molecule has 0 spiro atoms. The summed E-state index contributed by atoms with van der Waals surface area (Å²) in [5, 5.41) is 2.02. The summed E-state index contributed by atoms with van der Waals surface area (Å²) in [5.41, 5.74) is 6.10. The topological polar surface area (TPSA) is 37.4 Å². The minimum Gasteiger partial charge on any atom is -0.294 e. The van der Waals surface area contributed by atoms with Crippen LogP contribution in [0.4, 0.5) is 5.69 Å². The maximum absolute atomic E-state index is 13.5. The van der Waals surface area contributed by atoms with Gasteiger partial charge in [-0.2, -0.15) is 0 Å². The van der Waals surface area contributed by atoms with Crippen molar-refractivity contribution in [1.29, 1.82) is 0 Å². The molecule has 3 nitrogen and oxygen atoms in total. The Balaban J connectivity index is 1.66. The lowest BCUT2D eigenvalue weighted by atomic mass is 9.74. The van der Waals surface area contributed by atoms with Crippen molar-refractivity contribution in [2.75, 3.05) is 4.90 Å². The predicted molar refractivity (Wildman–Crippen MR) is 126 cm³/mol. The number of nitrogens with zero attached hydrogens (tertiary/aromatic N) is 1. The third-order valence-electron chi connectivity index (χ3n) is 6.64. The number of carbonyl (C=O) groups excluding carboxylic acids is 2. The number of aryl methyl sites for hydroxylation is 2. The van der Waals surface area contributed by atoms with Crippen molar-refractivity contribution in [2.45, 2.75) is 44.9 Å². The fourth-order valence-corrected chi connectivity index (χ4v) is 5.73. The van der Waals surface area contributed by atoms with Gasteiger partial charge in [-0.05, 0) is 66.5 Å². The number of Topliss-reactive ketones (excluding diaryl/α,β-unsaturated/α-hetero) is 1. The number of thiophene rings is 1. The molecular formula is C27H25NO2S. The molecule has 2 atom stereocenters. The summed E-state index contributed by atoms with van der Waals surface area (Å²) in [6, 6.07) is 20.4. The van der Waals surface area contributed by atoms with Gasteiger partial charge in [-0.3, -0.25) is 14.5 Å². The first kappa shape index (κ1) is 20.0. The van der Waals surface area contributed by atoms with Gasteiger partial charge in [0.2, 0.25) is 5.91 Å². The highest BCUT2D eigenvalue weighted by molar-refractivity contribution is 7.10. The highest BCUT2D eigenvalue weighted by atomic mass is 32.1. The Morgan fingerprint density at radius 3 is 2.39 bits per heavy atom. The minimum absolute atomic E-state index is 0.0712. The van der Waals surface area contributed by atoms with E-state index in [0.717, 1.165) is 33.0 Å². The van der Waals surface area contributed by atoms with Gasteiger partial charge >= 0.3 is 0 Å². The number of carbonyl (C=O) groups is 2. The van der Waals surface area contributed by atoms with E-state index < -0.39 is 0 Å². The SMILES string of the molecule is Cc1ccc(N2C(=O)CC(c3cccs3)C3=C2CC(c2ccccc2)CC3=O)cc1C. The average molecular weight is 428 g/mol. The standard InChI is InChI=1S/C27H25NO2S/c1-17-10-11-21(13-18(17)2)28-23-14-20(19-7-4-3-5-8-19)15-24(29)27(23)22(16-26(28)30)25-9-6-12-31-25/h3-13,20,22H,14-16H2,1-2H3. The fraction of sp³-hybridized carbons (Fsp3) is 0.259. The second-order valence-electron chi connectivity index (χ2n) is 8.57. The first-order valence-corrected chi connectivity index (χ1v) is 11.7. The lowest BCUT2D eigenvalue weighted by Crippen LogP contribution is -2.41. The van der Waals surface area contributed by atoms with E-state index in [2.05, 4.69) is 44.2 Å². The maximum Gasteiger partial charge on any atom is 0.232 e. The van der Waals surface area contributed by atoms with Crippen LogP contribution >= 0.6 is 11.3 Å². The zero-order chi connectivity index (χ0) is 21.5. The Morgan fingerprint density at radius 2 is 1.68 bits per heavy atom. The van der Waals surface area contributed by atoms with Crippen molar-refractivity contribution in [1.82, 2.24) is 0 Å². The smallest absolute Gasteiger partial charge is 0.232 e. The quantitative estimate of drug-likeness (QED) is 0.493. The van der Waals surface area contributed by atoms with E-state index in [1.165, 1.54) is 5.56 Å². The molecule has 0 N–H and O–H groups in total. The van der Waals surface area contributed by atoms with Crippen LogP contribution in [0, 0.1) is 13.8 Å². The summed E-state index contributed by atoms with van der Waals surface area (Å²) in [6.07, 6.45) is 1.54. The van der Waals surface area contributed by atoms with Crippen LogP contribution in [0.3, 0.4) is 0 Å². The molecule has 5 rings (SSSR count). The van der Waals surface area contributed by atoms with Gasteiger partial charge in [-0.15, -0.1) is 11.3 Å². The molecule has 1 aliphatic heterocycles. The highest BCUT2D eigenvalue weighted by Crippen LogP contribution is 2.47. The number of anilines is 1. The van der Waals surface area contributed by atoms with Crippen molar-refractivity contribution < 1.29 is 9.59 Å². The molecule has 4 heteroatoms. The number of hydrogen-bond donors (Lipinski definition) is 0. The first-order chi connectivity index (χ1) is 15.0. The van der Waals surface area contributed by atoms with E-state index in [-0.39, 0.29) is 23.5 Å². The van der Waals surface area contributed by atoms with Crippen LogP contribution in [0.2, 0.25) is 0 Å². The van der Waals surface area contributed by atoms with E-state index >= 15 is 0 Å². The Hall–Kier alpha value is -2.98. The van der Waals surface area contributed by atoms with Gasteiger partial charge < -0.3 is 0 Å². The third-order valence-corrected chi connectivity index (χ3v) is 7.62. The predicted octanol–water partition coefficient (Wildman–Crippen LogP) is 6.29. The molecule has 156 valence electrons. The molecule has 0 bridgehead atoms. The van der Waals surface area contributed by atoms with E-state index in [4.69, 9.17) is 0 Å². The van der Waals surface area contributed by atoms with Crippen LogP contribution in [-0.4, -0.2) is 11.7 Å². The Morgan fingerprint density at radius 1 is 0.871 bits per heavy atom. The second kappa shape index (κ2) is 7.93. The number of rotatable bonds is 3. The second-order valence-corrected chi connectivity index (χ2v) is 9.55. The molecule has 2 aliphatic rings. The molecule has 3 aromatic rings. The van der Waals surface area contributed by atoms with Crippen molar-refractivity contribution >= 4 is 28.7 Å². The third kappa shape index (κ3) is 3.55. The van der Waals surface area contributed by atoms with Gasteiger partial charge in [0.15, 0.2) is 5.78 Å². The van der Waals surface area contributed by atoms with Crippen LogP contribution in [0.1, 0.15) is 52.7 Å². The highest BCUT2D eigenvalue weighted by Gasteiger charge is 2.42. The number of hydrogen-bond acceptors (Lipinski definition) is 3. The first-order valence-electron chi connectivity index (χ1n) is 10.8. The van der Waals surface area contributed by atoms with Crippen molar-refractivity contribution in [3.63, 3.8) is 0 Å². The van der Waals surface area contributed by atoms with Crippen LogP contribution in [0.5, 0.6) is 0 Å². The molecule has 0 fully saturated rings. The zero-order valence-corrected chi connectivity index (χ0v) is 18.6. The van der Waals surface area contributed by atoms with E-state index in [0.29, 0.717) is 19.3 Å². The summed E-state index contributed by atoms with van der Waals surface area (Å²) in [5.74, 6) is 0.211. The minimum atomic E-state index is -0.130. The molecule has 2 heterocycles. The van der Waals surface area contributed by atoms with Crippen molar-refractivity contribution in [2.24, 2.45) is 0 Å². The number of ketones is 1. The Bertz CT molecular complexity index is 1180. The largest absolute Gasteiger partial charge is 0.294 e. The number of amides is 1. The van der Waals surface area contributed by atoms with Gasteiger partial charge in [-0.25, -0.2) is 0 Å². The number of allylic oxidation sites excluding steroid dienone is 2. The lowest BCUT2D eigenvalue weighted by molar-refractivity contribution is -0.120. The maximum atomic E-state index is 13.5. The summed E-state index contributed by atoms with van der Waals surface area (Å²) in [4.78, 5) is 30.0. The molecule has 0 saturated heterocycles. The van der Waals surface area contributed by atoms with Gasteiger partial charge in [0.05, 0.1) is 0 Å². The zero-order valence-electron chi connectivity index (χ0n) is 17.8. The average Bonchev–Trinajstić information content (AvgIpc) is 3.30. The molecule has 31 heavy (non-hydrogen) atoms. The van der Waals surface area contributed by atoms with Crippen molar-refractivity contribution in [3.05, 3.63) is 98.9 Å². The molecule has 1 amide bonds. The Kier molecular flexibility index (Phi) is 5.11. The van der Waals surface area contributed by atoms with Crippen LogP contribution in [-0.2, 0) is 9.59 Å². The molecular weight excluding hydrogens is 402 g/mol. The van der Waals surface area contributed by atoms with E-state index in [9.17, 15) is 9.59 Å². The molecule has 2 aromatic carbocycles. The normalized spacial score (nSPS) is 21.4. The summed E-state index contributed by atoms with van der Waals surface area (Å²) in [6.45, 7) is 4.14. The van der Waals surface area contributed by atoms with Crippen LogP contribution < -0.4 is 4.90 Å². The van der Waals surface area contributed by atoms with Crippen LogP contribution in [0.15, 0.2) is 77.3 Å². The summed E-state index contributed by atoms with van der Waals surface area (Å²) in [7, 11) is 0. The molecule has 1 aromatic heterocycles. The Labute approximate surface area is 187 Å².